The van der Waals surface area contributed by atoms with Crippen molar-refractivity contribution in [2.75, 3.05) is 18.2 Å². The third kappa shape index (κ3) is 4.55. The lowest BCUT2D eigenvalue weighted by Crippen LogP contribution is -2.14. The third-order valence-corrected chi connectivity index (χ3v) is 5.59. The van der Waals surface area contributed by atoms with Crippen molar-refractivity contribution in [3.63, 3.8) is 0 Å². The maximum absolute atomic E-state index is 12.9. The first-order valence-corrected chi connectivity index (χ1v) is 10.1. The molecule has 140 valence electrons. The molecule has 0 radical (unpaired) electrons. The van der Waals surface area contributed by atoms with Gasteiger partial charge in [-0.05, 0) is 24.8 Å². The lowest BCUT2D eigenvalue weighted by molar-refractivity contribution is 0.102. The molecule has 0 atom stereocenters. The second kappa shape index (κ2) is 8.64. The first-order valence-electron chi connectivity index (χ1n) is 7.96. The number of ether oxygens (including phenoxy) is 1. The van der Waals surface area contributed by atoms with E-state index in [9.17, 15) is 4.79 Å². The van der Waals surface area contributed by atoms with Gasteiger partial charge in [0.1, 0.15) is 10.9 Å². The molecule has 0 aliphatic carbocycles. The van der Waals surface area contributed by atoms with Crippen molar-refractivity contribution in [1.29, 1.82) is 0 Å². The Morgan fingerprint density at radius 3 is 2.81 bits per heavy atom. The summed E-state index contributed by atoms with van der Waals surface area (Å²) in [5, 5.41) is 11.6. The number of rotatable bonds is 6. The molecule has 3 aromatic rings. The zero-order valence-corrected chi connectivity index (χ0v) is 17.2. The van der Waals surface area contributed by atoms with Gasteiger partial charge in [-0.3, -0.25) is 15.1 Å². The van der Waals surface area contributed by atoms with Crippen LogP contribution in [0.15, 0.2) is 28.9 Å². The smallest absolute Gasteiger partial charge is 0.259 e. The average molecular weight is 422 g/mol. The van der Waals surface area contributed by atoms with E-state index < -0.39 is 0 Å². The van der Waals surface area contributed by atoms with Gasteiger partial charge in [0.2, 0.25) is 5.13 Å². The molecule has 27 heavy (non-hydrogen) atoms. The minimum absolute atomic E-state index is 0.303. The number of aryl methyl sites for hydroxylation is 1. The lowest BCUT2D eigenvalue weighted by atomic mass is 10.0. The molecule has 0 saturated carbocycles. The Morgan fingerprint density at radius 1 is 1.26 bits per heavy atom. The first-order chi connectivity index (χ1) is 13.0. The SMILES string of the molecule is CCSc1nnc(NC(=O)c2cnc(C)cc2-c2cc(Cl)ncc2OC)s1. The summed E-state index contributed by atoms with van der Waals surface area (Å²) >= 11 is 8.95. The number of carbonyl (C=O) groups is 1. The highest BCUT2D eigenvalue weighted by Crippen LogP contribution is 2.34. The number of aromatic nitrogens is 4. The highest BCUT2D eigenvalue weighted by molar-refractivity contribution is 8.01. The van der Waals surface area contributed by atoms with Crippen molar-refractivity contribution in [2.24, 2.45) is 0 Å². The van der Waals surface area contributed by atoms with Crippen LogP contribution < -0.4 is 10.1 Å². The van der Waals surface area contributed by atoms with Crippen LogP contribution in [-0.2, 0) is 0 Å². The van der Waals surface area contributed by atoms with Crippen LogP contribution in [0.4, 0.5) is 5.13 Å². The fourth-order valence-electron chi connectivity index (χ4n) is 2.36. The van der Waals surface area contributed by atoms with Crippen LogP contribution >= 0.6 is 34.7 Å². The van der Waals surface area contributed by atoms with Gasteiger partial charge in [0.25, 0.3) is 5.91 Å². The molecule has 3 rings (SSSR count). The Bertz CT molecular complexity index is 980. The van der Waals surface area contributed by atoms with Gasteiger partial charge in [-0.25, -0.2) is 4.98 Å². The summed E-state index contributed by atoms with van der Waals surface area (Å²) in [5.74, 6) is 1.06. The van der Waals surface area contributed by atoms with E-state index in [1.54, 1.807) is 17.8 Å². The van der Waals surface area contributed by atoms with Gasteiger partial charge in [-0.15, -0.1) is 10.2 Å². The monoisotopic (exact) mass is 421 g/mol. The van der Waals surface area contributed by atoms with Crippen molar-refractivity contribution in [3.05, 3.63) is 40.9 Å². The Hall–Kier alpha value is -2.23. The van der Waals surface area contributed by atoms with Crippen molar-refractivity contribution < 1.29 is 9.53 Å². The van der Waals surface area contributed by atoms with E-state index in [4.69, 9.17) is 16.3 Å². The summed E-state index contributed by atoms with van der Waals surface area (Å²) in [6.45, 7) is 3.88. The predicted octanol–water partition coefficient (Wildman–Crippen LogP) is 4.33. The normalized spacial score (nSPS) is 10.7. The molecule has 0 bridgehead atoms. The Balaban J connectivity index is 1.99. The maximum Gasteiger partial charge on any atom is 0.259 e. The summed E-state index contributed by atoms with van der Waals surface area (Å²) in [7, 11) is 1.54. The largest absolute Gasteiger partial charge is 0.494 e. The average Bonchev–Trinajstić information content (AvgIpc) is 3.08. The summed E-state index contributed by atoms with van der Waals surface area (Å²) in [6.07, 6.45) is 3.05. The number of hydrogen-bond donors (Lipinski definition) is 1. The first kappa shape index (κ1) is 19.5. The molecule has 3 heterocycles. The number of amides is 1. The van der Waals surface area contributed by atoms with E-state index in [-0.39, 0.29) is 5.91 Å². The summed E-state index contributed by atoms with van der Waals surface area (Å²) in [5.41, 5.74) is 2.44. The predicted molar refractivity (Wildman–Crippen MR) is 108 cm³/mol. The van der Waals surface area contributed by atoms with Gasteiger partial charge >= 0.3 is 0 Å². The topological polar surface area (TPSA) is 89.9 Å². The van der Waals surface area contributed by atoms with Crippen LogP contribution in [0.3, 0.4) is 0 Å². The number of thioether (sulfide) groups is 1. The van der Waals surface area contributed by atoms with Crippen molar-refractivity contribution >= 4 is 45.7 Å². The van der Waals surface area contributed by atoms with E-state index >= 15 is 0 Å². The quantitative estimate of drug-likeness (QED) is 0.360. The molecule has 0 fully saturated rings. The zero-order valence-electron chi connectivity index (χ0n) is 14.8. The fraction of sp³-hybridized carbons (Fsp3) is 0.235. The van der Waals surface area contributed by atoms with Crippen LogP contribution in [0.25, 0.3) is 11.1 Å². The highest BCUT2D eigenvalue weighted by Gasteiger charge is 2.19. The molecule has 1 N–H and O–H groups in total. The molecule has 0 aromatic carbocycles. The standard InChI is InChI=1S/C17H16ClN5O2S2/c1-4-26-17-23-22-16(27-17)21-15(24)12-7-19-9(2)5-10(12)11-6-14(18)20-8-13(11)25-3/h5-8H,4H2,1-3H3,(H,21,22,24). The molecule has 7 nitrogen and oxygen atoms in total. The Morgan fingerprint density at radius 2 is 2.07 bits per heavy atom. The van der Waals surface area contributed by atoms with Crippen LogP contribution in [0.5, 0.6) is 5.75 Å². The second-order valence-corrected chi connectivity index (χ2v) is 8.21. The number of anilines is 1. The van der Waals surface area contributed by atoms with Gasteiger partial charge < -0.3 is 4.74 Å². The number of halogens is 1. The maximum atomic E-state index is 12.9. The minimum atomic E-state index is -0.336. The van der Waals surface area contributed by atoms with Gasteiger partial charge in [-0.2, -0.15) is 0 Å². The summed E-state index contributed by atoms with van der Waals surface area (Å²) in [6, 6.07) is 3.47. The van der Waals surface area contributed by atoms with Gasteiger partial charge in [0.15, 0.2) is 4.34 Å². The van der Waals surface area contributed by atoms with Crippen LogP contribution in [0.2, 0.25) is 5.15 Å². The number of pyridine rings is 2. The minimum Gasteiger partial charge on any atom is -0.494 e. The summed E-state index contributed by atoms with van der Waals surface area (Å²) in [4.78, 5) is 21.1. The van der Waals surface area contributed by atoms with E-state index in [0.29, 0.717) is 32.7 Å². The molecular formula is C17H16ClN5O2S2. The molecule has 0 aliphatic rings. The van der Waals surface area contributed by atoms with Crippen molar-refractivity contribution in [1.82, 2.24) is 20.2 Å². The second-order valence-electron chi connectivity index (χ2n) is 5.34. The fourth-order valence-corrected chi connectivity index (χ4v) is 4.16. The number of nitrogens with zero attached hydrogens (tertiary/aromatic N) is 4. The van der Waals surface area contributed by atoms with Crippen molar-refractivity contribution in [2.45, 2.75) is 18.2 Å². The van der Waals surface area contributed by atoms with Gasteiger partial charge in [0.05, 0.1) is 18.9 Å². The number of carbonyl (C=O) groups excluding carboxylic acids is 1. The molecule has 3 aromatic heterocycles. The van der Waals surface area contributed by atoms with E-state index in [1.807, 2.05) is 19.9 Å². The molecular weight excluding hydrogens is 406 g/mol. The lowest BCUT2D eigenvalue weighted by Gasteiger charge is -2.13. The Labute approximate surface area is 169 Å². The molecule has 0 saturated heterocycles. The van der Waals surface area contributed by atoms with E-state index in [2.05, 4.69) is 25.5 Å². The van der Waals surface area contributed by atoms with E-state index in [0.717, 1.165) is 15.8 Å². The summed E-state index contributed by atoms with van der Waals surface area (Å²) < 4.78 is 6.18. The molecule has 1 amide bonds. The molecule has 10 heteroatoms. The van der Waals surface area contributed by atoms with Gasteiger partial charge in [-0.1, -0.05) is 41.6 Å². The molecule has 0 spiro atoms. The Kier molecular flexibility index (Phi) is 6.25. The van der Waals surface area contributed by atoms with Crippen molar-refractivity contribution in [3.8, 4) is 16.9 Å². The van der Waals surface area contributed by atoms with Gasteiger partial charge in [0, 0.05) is 23.0 Å². The number of nitrogens with one attached hydrogen (secondary N) is 1. The van der Waals surface area contributed by atoms with Crippen LogP contribution in [0, 0.1) is 6.92 Å². The van der Waals surface area contributed by atoms with E-state index in [1.165, 1.54) is 30.8 Å². The number of hydrogen-bond acceptors (Lipinski definition) is 8. The molecule has 0 unspecified atom stereocenters. The number of methoxy groups -OCH3 is 1. The zero-order chi connectivity index (χ0) is 19.4. The van der Waals surface area contributed by atoms with Crippen LogP contribution in [-0.4, -0.2) is 38.9 Å². The third-order valence-electron chi connectivity index (χ3n) is 3.52. The highest BCUT2D eigenvalue weighted by atomic mass is 35.5. The molecule has 0 aliphatic heterocycles. The van der Waals surface area contributed by atoms with Crippen LogP contribution in [0.1, 0.15) is 23.0 Å².